The zero-order valence-electron chi connectivity index (χ0n) is 10.7. The Bertz CT molecular complexity index is 495. The molecule has 1 heterocycles. The summed E-state index contributed by atoms with van der Waals surface area (Å²) >= 11 is 0. The van der Waals surface area contributed by atoms with E-state index >= 15 is 0 Å². The smallest absolute Gasteiger partial charge is 0.141 e. The fourth-order valence-corrected chi connectivity index (χ4v) is 1.92. The first-order valence-electron chi connectivity index (χ1n) is 5.82. The first-order valence-corrected chi connectivity index (χ1v) is 5.82. The summed E-state index contributed by atoms with van der Waals surface area (Å²) in [6.07, 6.45) is 1.69. The summed E-state index contributed by atoms with van der Waals surface area (Å²) in [5.41, 5.74) is 7.70. The number of hydrogen-bond acceptors (Lipinski definition) is 4. The largest absolute Gasteiger partial charge is 0.495 e. The Morgan fingerprint density at radius 1 is 1.28 bits per heavy atom. The summed E-state index contributed by atoms with van der Waals surface area (Å²) in [6.45, 7) is 1.59. The van der Waals surface area contributed by atoms with Crippen molar-refractivity contribution in [3.05, 3.63) is 47.9 Å². The highest BCUT2D eigenvalue weighted by Gasteiger charge is 2.06. The first kappa shape index (κ1) is 12.5. The van der Waals surface area contributed by atoms with Crippen molar-refractivity contribution in [3.8, 4) is 5.75 Å². The average molecular weight is 246 g/mol. The molecule has 0 aliphatic rings. The highest BCUT2D eigenvalue weighted by molar-refractivity contribution is 5.54. The van der Waals surface area contributed by atoms with Gasteiger partial charge in [0, 0.05) is 6.54 Å². The van der Waals surface area contributed by atoms with Crippen LogP contribution in [-0.2, 0) is 13.1 Å². The fraction of sp³-hybridized carbons (Fsp3) is 0.286. The van der Waals surface area contributed by atoms with Gasteiger partial charge in [0.1, 0.15) is 11.5 Å². The van der Waals surface area contributed by atoms with Crippen LogP contribution in [0.4, 0.5) is 5.69 Å². The van der Waals surface area contributed by atoms with Crippen LogP contribution < -0.4 is 10.5 Å². The van der Waals surface area contributed by atoms with Crippen molar-refractivity contribution in [1.82, 2.24) is 4.90 Å². The van der Waals surface area contributed by atoms with Gasteiger partial charge in [0.2, 0.25) is 0 Å². The van der Waals surface area contributed by atoms with Gasteiger partial charge in [0.15, 0.2) is 0 Å². The van der Waals surface area contributed by atoms with Crippen molar-refractivity contribution in [3.63, 3.8) is 0 Å². The molecule has 0 aliphatic heterocycles. The number of anilines is 1. The molecule has 0 unspecified atom stereocenters. The number of rotatable bonds is 5. The fourth-order valence-electron chi connectivity index (χ4n) is 1.92. The van der Waals surface area contributed by atoms with Gasteiger partial charge < -0.3 is 14.9 Å². The SMILES string of the molecule is COc1ccc(CN(C)Cc2ccco2)cc1N. The van der Waals surface area contributed by atoms with E-state index in [-0.39, 0.29) is 0 Å². The molecule has 4 nitrogen and oxygen atoms in total. The Hall–Kier alpha value is -1.94. The van der Waals surface area contributed by atoms with E-state index in [1.165, 1.54) is 0 Å². The number of nitrogens with two attached hydrogens (primary N) is 1. The normalized spacial score (nSPS) is 10.8. The Kier molecular flexibility index (Phi) is 3.89. The van der Waals surface area contributed by atoms with Gasteiger partial charge in [-0.25, -0.2) is 0 Å². The molecule has 1 aromatic carbocycles. The summed E-state index contributed by atoms with van der Waals surface area (Å²) in [5.74, 6) is 1.67. The molecular weight excluding hydrogens is 228 g/mol. The molecule has 0 amide bonds. The third kappa shape index (κ3) is 3.05. The third-order valence-electron chi connectivity index (χ3n) is 2.75. The Balaban J connectivity index is 1.98. The second-order valence-electron chi connectivity index (χ2n) is 4.33. The maximum Gasteiger partial charge on any atom is 0.141 e. The number of benzene rings is 1. The zero-order chi connectivity index (χ0) is 13.0. The lowest BCUT2D eigenvalue weighted by atomic mass is 10.2. The van der Waals surface area contributed by atoms with Crippen molar-refractivity contribution >= 4 is 5.69 Å². The molecule has 1 aromatic heterocycles. The van der Waals surface area contributed by atoms with Crippen molar-refractivity contribution in [2.24, 2.45) is 0 Å². The Morgan fingerprint density at radius 2 is 2.11 bits per heavy atom. The predicted octanol–water partition coefficient (Wildman–Crippen LogP) is 2.50. The van der Waals surface area contributed by atoms with Gasteiger partial charge >= 0.3 is 0 Å². The van der Waals surface area contributed by atoms with Gasteiger partial charge in [-0.2, -0.15) is 0 Å². The standard InChI is InChI=1S/C14H18N2O2/c1-16(10-12-4-3-7-18-12)9-11-5-6-14(17-2)13(15)8-11/h3-8H,9-10,15H2,1-2H3. The lowest BCUT2D eigenvalue weighted by molar-refractivity contribution is 0.288. The lowest BCUT2D eigenvalue weighted by Gasteiger charge is -2.16. The lowest BCUT2D eigenvalue weighted by Crippen LogP contribution is -2.16. The van der Waals surface area contributed by atoms with Crippen LogP contribution in [0.2, 0.25) is 0 Å². The average Bonchev–Trinajstić information content (AvgIpc) is 2.82. The monoisotopic (exact) mass is 246 g/mol. The molecular formula is C14H18N2O2. The van der Waals surface area contributed by atoms with E-state index in [4.69, 9.17) is 14.9 Å². The Labute approximate surface area is 107 Å². The summed E-state index contributed by atoms with van der Waals surface area (Å²) in [5, 5.41) is 0. The van der Waals surface area contributed by atoms with Crippen LogP contribution in [-0.4, -0.2) is 19.1 Å². The van der Waals surface area contributed by atoms with E-state index in [1.807, 2.05) is 37.4 Å². The molecule has 2 aromatic rings. The molecule has 0 saturated heterocycles. The number of nitrogen functional groups attached to an aromatic ring is 1. The van der Waals surface area contributed by atoms with Crippen LogP contribution in [0.5, 0.6) is 5.75 Å². The van der Waals surface area contributed by atoms with E-state index < -0.39 is 0 Å². The van der Waals surface area contributed by atoms with Crippen molar-refractivity contribution in [2.45, 2.75) is 13.1 Å². The van der Waals surface area contributed by atoms with Crippen molar-refractivity contribution in [1.29, 1.82) is 0 Å². The van der Waals surface area contributed by atoms with E-state index in [2.05, 4.69) is 4.90 Å². The molecule has 18 heavy (non-hydrogen) atoms. The quantitative estimate of drug-likeness (QED) is 0.823. The van der Waals surface area contributed by atoms with Crippen molar-refractivity contribution in [2.75, 3.05) is 19.9 Å². The van der Waals surface area contributed by atoms with Crippen LogP contribution in [0, 0.1) is 0 Å². The zero-order valence-corrected chi connectivity index (χ0v) is 10.7. The number of furan rings is 1. The van der Waals surface area contributed by atoms with E-state index in [1.54, 1.807) is 13.4 Å². The van der Waals surface area contributed by atoms with Crippen LogP contribution in [0.3, 0.4) is 0 Å². The number of ether oxygens (including phenoxy) is 1. The maximum atomic E-state index is 5.88. The minimum absolute atomic E-state index is 0.668. The van der Waals surface area contributed by atoms with Gasteiger partial charge in [-0.3, -0.25) is 4.90 Å². The second kappa shape index (κ2) is 5.60. The topological polar surface area (TPSA) is 51.6 Å². The predicted molar refractivity (Wildman–Crippen MR) is 71.3 cm³/mol. The van der Waals surface area contributed by atoms with E-state index in [9.17, 15) is 0 Å². The maximum absolute atomic E-state index is 5.88. The van der Waals surface area contributed by atoms with Crippen LogP contribution >= 0.6 is 0 Å². The second-order valence-corrected chi connectivity index (χ2v) is 4.33. The van der Waals surface area contributed by atoms with E-state index in [0.29, 0.717) is 11.4 Å². The van der Waals surface area contributed by atoms with Crippen LogP contribution in [0.25, 0.3) is 0 Å². The number of nitrogens with zero attached hydrogens (tertiary/aromatic N) is 1. The van der Waals surface area contributed by atoms with Crippen LogP contribution in [0.15, 0.2) is 41.0 Å². The highest BCUT2D eigenvalue weighted by atomic mass is 16.5. The minimum atomic E-state index is 0.668. The molecule has 2 rings (SSSR count). The molecule has 2 N–H and O–H groups in total. The van der Waals surface area contributed by atoms with E-state index in [0.717, 1.165) is 24.4 Å². The first-order chi connectivity index (χ1) is 8.69. The molecule has 0 saturated carbocycles. The van der Waals surface area contributed by atoms with Gasteiger partial charge in [0.05, 0.1) is 25.6 Å². The van der Waals surface area contributed by atoms with Crippen molar-refractivity contribution < 1.29 is 9.15 Å². The van der Waals surface area contributed by atoms with Gasteiger partial charge in [0.25, 0.3) is 0 Å². The van der Waals surface area contributed by atoms with Gasteiger partial charge in [-0.15, -0.1) is 0 Å². The van der Waals surface area contributed by atoms with Crippen LogP contribution in [0.1, 0.15) is 11.3 Å². The summed E-state index contributed by atoms with van der Waals surface area (Å²) < 4.78 is 10.5. The molecule has 0 spiro atoms. The van der Waals surface area contributed by atoms with Gasteiger partial charge in [-0.1, -0.05) is 6.07 Å². The molecule has 0 aliphatic carbocycles. The third-order valence-corrected chi connectivity index (χ3v) is 2.75. The molecule has 4 heteroatoms. The molecule has 0 radical (unpaired) electrons. The molecule has 0 atom stereocenters. The molecule has 96 valence electrons. The Morgan fingerprint density at radius 3 is 2.72 bits per heavy atom. The summed E-state index contributed by atoms with van der Waals surface area (Å²) in [4.78, 5) is 2.17. The summed E-state index contributed by atoms with van der Waals surface area (Å²) in [6, 6.07) is 9.73. The molecule has 0 bridgehead atoms. The van der Waals surface area contributed by atoms with Gasteiger partial charge in [-0.05, 0) is 36.9 Å². The highest BCUT2D eigenvalue weighted by Crippen LogP contribution is 2.22. The number of hydrogen-bond donors (Lipinski definition) is 1. The number of methoxy groups -OCH3 is 1. The summed E-state index contributed by atoms with van der Waals surface area (Å²) in [7, 11) is 3.66. The minimum Gasteiger partial charge on any atom is -0.495 e. The molecule has 0 fully saturated rings.